The van der Waals surface area contributed by atoms with E-state index in [0.29, 0.717) is 5.82 Å². The van der Waals surface area contributed by atoms with Crippen molar-refractivity contribution in [1.82, 2.24) is 19.1 Å². The van der Waals surface area contributed by atoms with Gasteiger partial charge in [0.1, 0.15) is 5.82 Å². The molecule has 0 fully saturated rings. The zero-order valence-electron chi connectivity index (χ0n) is 30.6. The van der Waals surface area contributed by atoms with Crippen LogP contribution in [0.15, 0.2) is 188 Å². The molecule has 0 spiro atoms. The minimum atomic E-state index is -0.246. The summed E-state index contributed by atoms with van der Waals surface area (Å²) in [6.07, 6.45) is 0. The van der Waals surface area contributed by atoms with E-state index in [1.165, 1.54) is 38.6 Å². The van der Waals surface area contributed by atoms with Crippen LogP contribution < -0.4 is 0 Å². The highest BCUT2D eigenvalue weighted by Crippen LogP contribution is 2.38. The third-order valence-electron chi connectivity index (χ3n) is 11.5. The van der Waals surface area contributed by atoms with Crippen molar-refractivity contribution in [3.63, 3.8) is 0 Å². The van der Waals surface area contributed by atoms with Gasteiger partial charge in [-0.25, -0.2) is 14.4 Å². The first-order valence-corrected chi connectivity index (χ1v) is 19.2. The molecule has 3 heterocycles. The normalized spacial score (nSPS) is 11.9. The van der Waals surface area contributed by atoms with Gasteiger partial charge in [0.05, 0.1) is 33.3 Å². The molecule has 0 amide bonds. The summed E-state index contributed by atoms with van der Waals surface area (Å²) in [6, 6.07) is 65.0. The number of fused-ring (bicyclic) bond motifs is 10. The maximum Gasteiger partial charge on any atom is 0.160 e. The molecule has 0 N–H and O–H groups in total. The second kappa shape index (κ2) is 12.2. The van der Waals surface area contributed by atoms with E-state index in [9.17, 15) is 4.39 Å². The van der Waals surface area contributed by atoms with Gasteiger partial charge in [0.2, 0.25) is 0 Å². The minimum absolute atomic E-state index is 0.246. The molecule has 12 rings (SSSR count). The van der Waals surface area contributed by atoms with Crippen molar-refractivity contribution in [3.8, 4) is 34.0 Å². The Balaban J connectivity index is 1.04. The molecule has 0 aliphatic heterocycles. The Kier molecular flexibility index (Phi) is 6.78. The van der Waals surface area contributed by atoms with Crippen LogP contribution in [0.1, 0.15) is 0 Å². The van der Waals surface area contributed by atoms with Crippen molar-refractivity contribution >= 4 is 76.1 Å². The van der Waals surface area contributed by atoms with Crippen molar-refractivity contribution in [1.29, 1.82) is 0 Å². The van der Waals surface area contributed by atoms with E-state index >= 15 is 0 Å². The summed E-state index contributed by atoms with van der Waals surface area (Å²) in [5.74, 6) is 0.403. The number of halogens is 1. The van der Waals surface area contributed by atoms with Crippen LogP contribution in [0, 0.1) is 5.82 Å². The highest BCUT2D eigenvalue weighted by Gasteiger charge is 2.18. The Labute approximate surface area is 326 Å². The lowest BCUT2D eigenvalue weighted by Gasteiger charge is -2.13. The number of hydrogen-bond donors (Lipinski definition) is 0. The van der Waals surface area contributed by atoms with E-state index in [1.807, 2.05) is 18.2 Å². The van der Waals surface area contributed by atoms with E-state index in [4.69, 9.17) is 9.97 Å². The molecule has 0 saturated carbocycles. The van der Waals surface area contributed by atoms with Crippen LogP contribution in [-0.2, 0) is 0 Å². The number of benzene rings is 9. The molecule has 0 aliphatic rings. The Morgan fingerprint density at radius 1 is 0.351 bits per heavy atom. The van der Waals surface area contributed by atoms with Gasteiger partial charge >= 0.3 is 0 Å². The summed E-state index contributed by atoms with van der Waals surface area (Å²) in [7, 11) is 0. The van der Waals surface area contributed by atoms with Crippen molar-refractivity contribution < 1.29 is 4.39 Å². The third kappa shape index (κ3) is 4.85. The largest absolute Gasteiger partial charge is 0.309 e. The van der Waals surface area contributed by atoms with E-state index < -0.39 is 0 Å². The maximum atomic E-state index is 14.1. The molecule has 4 nitrogen and oxygen atoms in total. The first-order chi connectivity index (χ1) is 28.2. The average Bonchev–Trinajstić information content (AvgIpc) is 3.78. The van der Waals surface area contributed by atoms with E-state index in [2.05, 4.69) is 167 Å². The van der Waals surface area contributed by atoms with Gasteiger partial charge in [-0.3, -0.25) is 0 Å². The van der Waals surface area contributed by atoms with Crippen molar-refractivity contribution in [2.45, 2.75) is 0 Å². The predicted octanol–water partition coefficient (Wildman–Crippen LogP) is 13.6. The summed E-state index contributed by atoms with van der Waals surface area (Å²) in [4.78, 5) is 10.5. The van der Waals surface area contributed by atoms with Crippen LogP contribution in [0.4, 0.5) is 4.39 Å². The Bertz CT molecular complexity index is 3540. The van der Waals surface area contributed by atoms with Crippen LogP contribution in [-0.4, -0.2) is 19.1 Å². The Morgan fingerprint density at radius 2 is 0.877 bits per heavy atom. The molecule has 12 aromatic rings. The molecular formula is C52H31FN4. The standard InChI is InChI=1S/C52H31FN4/c53-37-23-19-34-29-36(18-17-35(34)30-37)50-45-27-22-32-9-1-2-10-40(32)51(45)55-52(54-50)33-20-24-38(25-21-33)56-46-14-6-5-13-43(46)44-28-26-39(31-49(44)56)57-47-15-7-3-11-41(47)42-12-4-8-16-48(42)57/h1-31H. The van der Waals surface area contributed by atoms with Gasteiger partial charge in [0.15, 0.2) is 5.82 Å². The Hall–Kier alpha value is -7.63. The first-order valence-electron chi connectivity index (χ1n) is 19.2. The minimum Gasteiger partial charge on any atom is -0.309 e. The fraction of sp³-hybridized carbons (Fsp3) is 0. The molecule has 5 heteroatoms. The lowest BCUT2D eigenvalue weighted by atomic mass is 9.99. The fourth-order valence-electron chi connectivity index (χ4n) is 8.91. The molecule has 57 heavy (non-hydrogen) atoms. The quantitative estimate of drug-likeness (QED) is 0.169. The molecule has 266 valence electrons. The molecule has 0 saturated heterocycles. The molecule has 9 aromatic carbocycles. The molecule has 0 unspecified atom stereocenters. The lowest BCUT2D eigenvalue weighted by molar-refractivity contribution is 0.630. The number of hydrogen-bond acceptors (Lipinski definition) is 2. The summed E-state index contributed by atoms with van der Waals surface area (Å²) in [6.45, 7) is 0. The zero-order valence-corrected chi connectivity index (χ0v) is 30.6. The maximum absolute atomic E-state index is 14.1. The van der Waals surface area contributed by atoms with Crippen LogP contribution in [0.5, 0.6) is 0 Å². The second-order valence-corrected chi connectivity index (χ2v) is 14.8. The molecule has 0 atom stereocenters. The summed E-state index contributed by atoms with van der Waals surface area (Å²) in [5, 5.41) is 9.87. The number of nitrogens with zero attached hydrogens (tertiary/aromatic N) is 4. The van der Waals surface area contributed by atoms with Crippen LogP contribution in [0.3, 0.4) is 0 Å². The Morgan fingerprint density at radius 3 is 1.60 bits per heavy atom. The molecule has 0 aliphatic carbocycles. The van der Waals surface area contributed by atoms with Gasteiger partial charge in [-0.15, -0.1) is 0 Å². The lowest BCUT2D eigenvalue weighted by Crippen LogP contribution is -1.98. The highest BCUT2D eigenvalue weighted by molar-refractivity contribution is 6.13. The monoisotopic (exact) mass is 730 g/mol. The first kappa shape index (κ1) is 31.7. The number of rotatable bonds is 4. The summed E-state index contributed by atoms with van der Waals surface area (Å²) in [5.41, 5.74) is 10.4. The molecule has 0 radical (unpaired) electrons. The van der Waals surface area contributed by atoms with E-state index in [1.54, 1.807) is 6.07 Å². The second-order valence-electron chi connectivity index (χ2n) is 14.8. The molecular weight excluding hydrogens is 700 g/mol. The fourth-order valence-corrected chi connectivity index (χ4v) is 8.91. The predicted molar refractivity (Wildman–Crippen MR) is 234 cm³/mol. The van der Waals surface area contributed by atoms with Gasteiger partial charge in [-0.1, -0.05) is 109 Å². The van der Waals surface area contributed by atoms with Crippen LogP contribution in [0.2, 0.25) is 0 Å². The summed E-state index contributed by atoms with van der Waals surface area (Å²) >= 11 is 0. The van der Waals surface area contributed by atoms with Crippen molar-refractivity contribution in [2.75, 3.05) is 0 Å². The van der Waals surface area contributed by atoms with Crippen molar-refractivity contribution in [3.05, 3.63) is 194 Å². The van der Waals surface area contributed by atoms with Crippen LogP contribution >= 0.6 is 0 Å². The molecule has 3 aromatic heterocycles. The van der Waals surface area contributed by atoms with Gasteiger partial charge in [-0.2, -0.15) is 0 Å². The summed E-state index contributed by atoms with van der Waals surface area (Å²) < 4.78 is 18.8. The zero-order chi connectivity index (χ0) is 37.6. The van der Waals surface area contributed by atoms with Crippen LogP contribution in [0.25, 0.3) is 110 Å². The van der Waals surface area contributed by atoms with E-state index in [0.717, 1.165) is 71.7 Å². The van der Waals surface area contributed by atoms with Gasteiger partial charge in [0.25, 0.3) is 0 Å². The van der Waals surface area contributed by atoms with E-state index in [-0.39, 0.29) is 5.82 Å². The SMILES string of the molecule is Fc1ccc2cc(-c3nc(-c4ccc(-n5c6ccccc6c6ccc(-n7c8ccccc8c8ccccc87)cc65)cc4)nc4c3ccc3ccccc34)ccc2c1. The topological polar surface area (TPSA) is 35.6 Å². The third-order valence-corrected chi connectivity index (χ3v) is 11.5. The smallest absolute Gasteiger partial charge is 0.160 e. The van der Waals surface area contributed by atoms with Gasteiger partial charge in [0, 0.05) is 54.8 Å². The highest BCUT2D eigenvalue weighted by atomic mass is 19.1. The number of para-hydroxylation sites is 3. The van der Waals surface area contributed by atoms with Crippen molar-refractivity contribution in [2.24, 2.45) is 0 Å². The number of aromatic nitrogens is 4. The van der Waals surface area contributed by atoms with Gasteiger partial charge < -0.3 is 9.13 Å². The molecule has 0 bridgehead atoms. The van der Waals surface area contributed by atoms with Gasteiger partial charge in [-0.05, 0) is 95.0 Å². The average molecular weight is 731 g/mol.